The number of non-ortho nitro benzene ring substituents is 1. The fourth-order valence-corrected chi connectivity index (χ4v) is 2.36. The van der Waals surface area contributed by atoms with Gasteiger partial charge in [0, 0.05) is 46.5 Å². The van der Waals surface area contributed by atoms with Gasteiger partial charge >= 0.3 is 0 Å². The van der Waals surface area contributed by atoms with E-state index in [0.717, 1.165) is 16.6 Å². The van der Waals surface area contributed by atoms with Gasteiger partial charge in [0.15, 0.2) is 0 Å². The van der Waals surface area contributed by atoms with Crippen molar-refractivity contribution in [2.75, 3.05) is 5.32 Å². The van der Waals surface area contributed by atoms with E-state index in [-0.39, 0.29) is 5.69 Å². The highest BCUT2D eigenvalue weighted by Gasteiger charge is 2.09. The molecule has 0 bridgehead atoms. The predicted octanol–water partition coefficient (Wildman–Crippen LogP) is 4.34. The summed E-state index contributed by atoms with van der Waals surface area (Å²) in [6.07, 6.45) is 1.88. The number of nitrogens with one attached hydrogen (secondary N) is 2. The molecule has 106 valence electrons. The summed E-state index contributed by atoms with van der Waals surface area (Å²) in [5.41, 5.74) is 2.73. The number of nitro groups is 1. The number of nitrogens with zero attached hydrogens (tertiary/aromatic N) is 1. The number of hydrogen-bond donors (Lipinski definition) is 2. The van der Waals surface area contributed by atoms with Crippen molar-refractivity contribution in [1.29, 1.82) is 0 Å². The average Bonchev–Trinajstić information content (AvgIpc) is 2.93. The van der Waals surface area contributed by atoms with E-state index in [1.165, 1.54) is 12.1 Å². The molecule has 0 spiro atoms. The average molecular weight is 302 g/mol. The lowest BCUT2D eigenvalue weighted by molar-refractivity contribution is -0.384. The molecule has 0 amide bonds. The molecule has 6 heteroatoms. The molecule has 5 nitrogen and oxygen atoms in total. The van der Waals surface area contributed by atoms with E-state index >= 15 is 0 Å². The van der Waals surface area contributed by atoms with E-state index < -0.39 is 4.92 Å². The number of H-pyrrole nitrogens is 1. The number of aromatic amines is 1. The number of aromatic nitrogens is 1. The van der Waals surface area contributed by atoms with Gasteiger partial charge in [0.1, 0.15) is 0 Å². The van der Waals surface area contributed by atoms with Gasteiger partial charge in [-0.2, -0.15) is 0 Å². The van der Waals surface area contributed by atoms with Crippen LogP contribution in [0.4, 0.5) is 11.4 Å². The molecular formula is C15H12ClN3O2. The number of hydrogen-bond acceptors (Lipinski definition) is 3. The second-order valence-electron chi connectivity index (χ2n) is 4.67. The largest absolute Gasteiger partial charge is 0.381 e. The molecule has 0 fully saturated rings. The molecular weight excluding hydrogens is 290 g/mol. The van der Waals surface area contributed by atoms with Gasteiger partial charge < -0.3 is 10.3 Å². The van der Waals surface area contributed by atoms with Crippen molar-refractivity contribution in [2.24, 2.45) is 0 Å². The highest BCUT2D eigenvalue weighted by atomic mass is 35.5. The monoisotopic (exact) mass is 301 g/mol. The van der Waals surface area contributed by atoms with Gasteiger partial charge in [0.2, 0.25) is 0 Å². The Morgan fingerprint density at radius 2 is 2.05 bits per heavy atom. The molecule has 0 aliphatic heterocycles. The fourth-order valence-electron chi connectivity index (χ4n) is 2.17. The smallest absolute Gasteiger partial charge is 0.269 e. The molecule has 2 aromatic carbocycles. The summed E-state index contributed by atoms with van der Waals surface area (Å²) in [4.78, 5) is 13.5. The minimum atomic E-state index is -0.425. The first-order valence-corrected chi connectivity index (χ1v) is 6.75. The number of benzene rings is 2. The zero-order chi connectivity index (χ0) is 14.8. The summed E-state index contributed by atoms with van der Waals surface area (Å²) < 4.78 is 0. The third-order valence-electron chi connectivity index (χ3n) is 3.28. The van der Waals surface area contributed by atoms with Gasteiger partial charge in [-0.3, -0.25) is 10.1 Å². The standard InChI is InChI=1S/C15H12ClN3O2/c16-14-3-2-13(19(20)21)8-11(14)9-18-12-1-4-15-10(7-12)5-6-17-15/h1-8,17-18H,9H2. The molecule has 2 N–H and O–H groups in total. The molecule has 21 heavy (non-hydrogen) atoms. The van der Waals surface area contributed by atoms with E-state index in [1.54, 1.807) is 6.07 Å². The van der Waals surface area contributed by atoms with E-state index in [1.807, 2.05) is 30.5 Å². The SMILES string of the molecule is O=[N+]([O-])c1ccc(Cl)c(CNc2ccc3[nH]ccc3c2)c1. The van der Waals surface area contributed by atoms with Crippen LogP contribution in [0, 0.1) is 10.1 Å². The number of nitro benzene ring substituents is 1. The van der Waals surface area contributed by atoms with E-state index in [2.05, 4.69) is 10.3 Å². The highest BCUT2D eigenvalue weighted by molar-refractivity contribution is 6.31. The van der Waals surface area contributed by atoms with Crippen molar-refractivity contribution >= 4 is 33.9 Å². The molecule has 0 saturated heterocycles. The second-order valence-corrected chi connectivity index (χ2v) is 5.07. The van der Waals surface area contributed by atoms with Gasteiger partial charge in [0.25, 0.3) is 5.69 Å². The quantitative estimate of drug-likeness (QED) is 0.556. The Morgan fingerprint density at radius 1 is 1.19 bits per heavy atom. The maximum atomic E-state index is 10.8. The van der Waals surface area contributed by atoms with Crippen LogP contribution in [0.25, 0.3) is 10.9 Å². The van der Waals surface area contributed by atoms with Crippen LogP contribution in [0.1, 0.15) is 5.56 Å². The van der Waals surface area contributed by atoms with Crippen molar-refractivity contribution in [1.82, 2.24) is 4.98 Å². The highest BCUT2D eigenvalue weighted by Crippen LogP contribution is 2.24. The Kier molecular flexibility index (Phi) is 3.50. The molecule has 0 radical (unpaired) electrons. The first-order valence-electron chi connectivity index (χ1n) is 6.37. The number of halogens is 1. The minimum Gasteiger partial charge on any atom is -0.381 e. The van der Waals surface area contributed by atoms with Crippen LogP contribution in [0.5, 0.6) is 0 Å². The lowest BCUT2D eigenvalue weighted by Gasteiger charge is -2.08. The van der Waals surface area contributed by atoms with Crippen LogP contribution in [0.15, 0.2) is 48.7 Å². The molecule has 1 aromatic heterocycles. The third kappa shape index (κ3) is 2.83. The van der Waals surface area contributed by atoms with Gasteiger partial charge in [-0.25, -0.2) is 0 Å². The Bertz CT molecular complexity index is 814. The summed E-state index contributed by atoms with van der Waals surface area (Å²) in [6.45, 7) is 0.427. The van der Waals surface area contributed by atoms with E-state index in [0.29, 0.717) is 17.1 Å². The molecule has 0 aliphatic rings. The lowest BCUT2D eigenvalue weighted by atomic mass is 10.2. The fraction of sp³-hybridized carbons (Fsp3) is 0.0667. The van der Waals surface area contributed by atoms with Gasteiger partial charge in [0.05, 0.1) is 4.92 Å². The van der Waals surface area contributed by atoms with Crippen molar-refractivity contribution < 1.29 is 4.92 Å². The number of rotatable bonds is 4. The molecule has 0 unspecified atom stereocenters. The van der Waals surface area contributed by atoms with Crippen molar-refractivity contribution in [3.05, 3.63) is 69.4 Å². The summed E-state index contributed by atoms with van der Waals surface area (Å²) in [5, 5.41) is 15.6. The van der Waals surface area contributed by atoms with E-state index in [4.69, 9.17) is 11.6 Å². The predicted molar refractivity (Wildman–Crippen MR) is 83.7 cm³/mol. The maximum absolute atomic E-state index is 10.8. The van der Waals surface area contributed by atoms with Crippen LogP contribution >= 0.6 is 11.6 Å². The Morgan fingerprint density at radius 3 is 2.86 bits per heavy atom. The second kappa shape index (κ2) is 5.46. The minimum absolute atomic E-state index is 0.0392. The van der Waals surface area contributed by atoms with Crippen LogP contribution in [0.2, 0.25) is 5.02 Å². The van der Waals surface area contributed by atoms with Gasteiger partial charge in [-0.1, -0.05) is 11.6 Å². The van der Waals surface area contributed by atoms with E-state index in [9.17, 15) is 10.1 Å². The molecule has 0 atom stereocenters. The molecule has 0 saturated carbocycles. The molecule has 1 heterocycles. The zero-order valence-electron chi connectivity index (χ0n) is 11.0. The van der Waals surface area contributed by atoms with Crippen LogP contribution in [-0.4, -0.2) is 9.91 Å². The Labute approximate surface area is 125 Å². The zero-order valence-corrected chi connectivity index (χ0v) is 11.7. The lowest BCUT2D eigenvalue weighted by Crippen LogP contribution is -2.01. The first-order chi connectivity index (χ1) is 10.1. The summed E-state index contributed by atoms with van der Waals surface area (Å²) in [5.74, 6) is 0. The molecule has 3 aromatic rings. The van der Waals surface area contributed by atoms with Crippen molar-refractivity contribution in [3.63, 3.8) is 0 Å². The van der Waals surface area contributed by atoms with Crippen LogP contribution in [-0.2, 0) is 6.54 Å². The topological polar surface area (TPSA) is 71.0 Å². The summed E-state index contributed by atoms with van der Waals surface area (Å²) in [7, 11) is 0. The normalized spacial score (nSPS) is 10.7. The first kappa shape index (κ1) is 13.5. The number of anilines is 1. The van der Waals surface area contributed by atoms with Crippen LogP contribution < -0.4 is 5.32 Å². The summed E-state index contributed by atoms with van der Waals surface area (Å²) >= 11 is 6.08. The van der Waals surface area contributed by atoms with Gasteiger partial charge in [-0.15, -0.1) is 0 Å². The third-order valence-corrected chi connectivity index (χ3v) is 3.65. The number of fused-ring (bicyclic) bond motifs is 1. The van der Waals surface area contributed by atoms with Crippen LogP contribution in [0.3, 0.4) is 0 Å². The van der Waals surface area contributed by atoms with Gasteiger partial charge in [-0.05, 0) is 35.9 Å². The van der Waals surface area contributed by atoms with Crippen molar-refractivity contribution in [3.8, 4) is 0 Å². The van der Waals surface area contributed by atoms with Crippen molar-refractivity contribution in [2.45, 2.75) is 6.54 Å². The molecule has 3 rings (SSSR count). The summed E-state index contributed by atoms with van der Waals surface area (Å²) in [6, 6.07) is 12.4. The Hall–Kier alpha value is -2.53. The molecule has 0 aliphatic carbocycles. The Balaban J connectivity index is 1.80. The maximum Gasteiger partial charge on any atom is 0.269 e.